The molecule has 3 aromatic rings. The van der Waals surface area contributed by atoms with Crippen molar-refractivity contribution in [2.45, 2.75) is 58.9 Å². The van der Waals surface area contributed by atoms with Crippen LogP contribution in [-0.4, -0.2) is 56.5 Å². The third-order valence-electron chi connectivity index (χ3n) is 7.17. The number of aromatic amines is 1. The summed E-state index contributed by atoms with van der Waals surface area (Å²) in [5.41, 5.74) is 5.49. The predicted molar refractivity (Wildman–Crippen MR) is 158 cm³/mol. The highest BCUT2D eigenvalue weighted by Gasteiger charge is 2.51. The minimum atomic E-state index is -4.13. The van der Waals surface area contributed by atoms with E-state index in [-0.39, 0.29) is 48.6 Å². The van der Waals surface area contributed by atoms with Crippen LogP contribution in [0.1, 0.15) is 52.9 Å². The lowest BCUT2D eigenvalue weighted by atomic mass is 9.99. The number of nitrogens with two attached hydrogens (primary N) is 1. The van der Waals surface area contributed by atoms with Crippen molar-refractivity contribution in [2.24, 2.45) is 11.3 Å². The zero-order chi connectivity index (χ0) is 30.3. The number of benzene rings is 1. The number of hydrogen-bond donors (Lipinski definition) is 4. The number of H-pyrrole nitrogens is 1. The standard InChI is InChI=1S/C28H39N6O7P/c1-4-9-20(10-5-2)15-39-26(37)19(3)33-42(38,41-22-11-7-6-8-12-22)40-17-28(16-35)13-21(28)14-34-18-30-23-24(34)31-27(29)32-25(23)36/h6-8,11-12,14,18-20,35H,4-5,9-10,13,15-17H2,1-3H3,(H,33,38)(H3,29,31,32,36)/b21-14-/t19?,28-,42?/m1/s1. The Kier molecular flexibility index (Phi) is 10.2. The summed E-state index contributed by atoms with van der Waals surface area (Å²) < 4.78 is 32.6. The topological polar surface area (TPSA) is 184 Å². The maximum atomic E-state index is 14.0. The van der Waals surface area contributed by atoms with Gasteiger partial charge in [-0.15, -0.1) is 0 Å². The molecule has 14 heteroatoms. The van der Waals surface area contributed by atoms with Gasteiger partial charge in [0.25, 0.3) is 5.56 Å². The number of nitrogens with zero attached hydrogens (tertiary/aromatic N) is 3. The molecule has 228 valence electrons. The SMILES string of the molecule is CCCC(CCC)COC(=O)C(C)NP(=O)(OC[C@]1(CO)C/C1=C/n1cnc2c(=O)[nH]c(N)nc21)Oc1ccccc1. The van der Waals surface area contributed by atoms with Crippen molar-refractivity contribution in [3.63, 3.8) is 0 Å². The number of nitrogen functional groups attached to an aromatic ring is 1. The first-order valence-electron chi connectivity index (χ1n) is 14.1. The smallest absolute Gasteiger partial charge is 0.459 e. The van der Waals surface area contributed by atoms with Crippen LogP contribution < -0.4 is 20.9 Å². The van der Waals surface area contributed by atoms with Crippen molar-refractivity contribution in [1.82, 2.24) is 24.6 Å². The lowest BCUT2D eigenvalue weighted by Crippen LogP contribution is -2.36. The number of carbonyl (C=O) groups is 1. The van der Waals surface area contributed by atoms with Crippen molar-refractivity contribution in [2.75, 3.05) is 25.6 Å². The number of nitrogens with one attached hydrogen (secondary N) is 2. The fourth-order valence-electron chi connectivity index (χ4n) is 4.72. The molecule has 1 aliphatic rings. The third kappa shape index (κ3) is 7.65. The molecule has 2 aromatic heterocycles. The molecule has 0 radical (unpaired) electrons. The molecule has 2 heterocycles. The predicted octanol–water partition coefficient (Wildman–Crippen LogP) is 3.87. The number of rotatable bonds is 16. The van der Waals surface area contributed by atoms with Crippen molar-refractivity contribution < 1.29 is 28.3 Å². The summed E-state index contributed by atoms with van der Waals surface area (Å²) in [5.74, 6) is -0.0698. The maximum Gasteiger partial charge on any atom is 0.459 e. The number of carbonyl (C=O) groups excluding carboxylic acids is 1. The van der Waals surface area contributed by atoms with Gasteiger partial charge in [0.15, 0.2) is 11.2 Å². The first kappa shape index (κ1) is 31.4. The lowest BCUT2D eigenvalue weighted by molar-refractivity contribution is -0.146. The van der Waals surface area contributed by atoms with E-state index in [4.69, 9.17) is 19.5 Å². The lowest BCUT2D eigenvalue weighted by Gasteiger charge is -2.25. The summed E-state index contributed by atoms with van der Waals surface area (Å²) in [7, 11) is -4.13. The van der Waals surface area contributed by atoms with Gasteiger partial charge in [0.05, 0.1) is 19.8 Å². The molecule has 0 spiro atoms. The average Bonchev–Trinajstić information content (AvgIpc) is 3.51. The number of anilines is 1. The van der Waals surface area contributed by atoms with Crippen LogP contribution in [0.3, 0.4) is 0 Å². The minimum Gasteiger partial charge on any atom is -0.464 e. The van der Waals surface area contributed by atoms with Gasteiger partial charge in [-0.3, -0.25) is 23.7 Å². The van der Waals surface area contributed by atoms with Gasteiger partial charge in [0, 0.05) is 11.6 Å². The van der Waals surface area contributed by atoms with Crippen LogP contribution in [0.5, 0.6) is 5.75 Å². The Labute approximate surface area is 244 Å². The van der Waals surface area contributed by atoms with Crippen molar-refractivity contribution in [1.29, 1.82) is 0 Å². The van der Waals surface area contributed by atoms with Crippen molar-refractivity contribution in [3.05, 3.63) is 52.6 Å². The second-order valence-electron chi connectivity index (χ2n) is 10.6. The summed E-state index contributed by atoms with van der Waals surface area (Å²) in [5, 5.41) is 13.0. The number of ether oxygens (including phenoxy) is 1. The number of imidazole rings is 1. The summed E-state index contributed by atoms with van der Waals surface area (Å²) in [6.45, 7) is 5.53. The number of aromatic nitrogens is 4. The molecule has 1 fully saturated rings. The molecule has 1 aliphatic carbocycles. The Hall–Kier alpha value is -3.51. The molecular weight excluding hydrogens is 563 g/mol. The van der Waals surface area contributed by atoms with Gasteiger partial charge in [-0.2, -0.15) is 10.1 Å². The highest BCUT2D eigenvalue weighted by Crippen LogP contribution is 2.56. The third-order valence-corrected chi connectivity index (χ3v) is 8.80. The van der Waals surface area contributed by atoms with E-state index in [1.165, 1.54) is 17.8 Å². The number of fused-ring (bicyclic) bond motifs is 1. The number of aliphatic hydroxyl groups is 1. The van der Waals surface area contributed by atoms with Crippen LogP contribution >= 0.6 is 7.75 Å². The van der Waals surface area contributed by atoms with Gasteiger partial charge in [-0.25, -0.2) is 9.55 Å². The monoisotopic (exact) mass is 602 g/mol. The molecule has 5 N–H and O–H groups in total. The first-order valence-corrected chi connectivity index (χ1v) is 15.6. The van der Waals surface area contributed by atoms with E-state index < -0.39 is 30.7 Å². The molecule has 0 bridgehead atoms. The van der Waals surface area contributed by atoms with Crippen LogP contribution in [0.2, 0.25) is 0 Å². The Morgan fingerprint density at radius 3 is 2.67 bits per heavy atom. The van der Waals surface area contributed by atoms with E-state index in [1.54, 1.807) is 36.5 Å². The summed E-state index contributed by atoms with van der Waals surface area (Å²) in [4.78, 5) is 35.6. The Bertz CT molecular complexity index is 1500. The molecule has 0 aliphatic heterocycles. The summed E-state index contributed by atoms with van der Waals surface area (Å²) in [6.07, 6.45) is 7.41. The van der Waals surface area contributed by atoms with Crippen LogP contribution in [0, 0.1) is 11.3 Å². The van der Waals surface area contributed by atoms with E-state index in [0.29, 0.717) is 6.42 Å². The molecular formula is C28H39N6O7P. The van der Waals surface area contributed by atoms with Crippen LogP contribution in [0.25, 0.3) is 17.4 Å². The van der Waals surface area contributed by atoms with Crippen LogP contribution in [0.15, 0.2) is 47.0 Å². The molecule has 1 aromatic carbocycles. The van der Waals surface area contributed by atoms with E-state index in [9.17, 15) is 19.3 Å². The largest absolute Gasteiger partial charge is 0.464 e. The Morgan fingerprint density at radius 1 is 1.29 bits per heavy atom. The van der Waals surface area contributed by atoms with Gasteiger partial charge in [-0.1, -0.05) is 44.9 Å². The molecule has 0 saturated heterocycles. The Balaban J connectivity index is 1.48. The van der Waals surface area contributed by atoms with E-state index in [1.807, 2.05) is 0 Å². The molecule has 42 heavy (non-hydrogen) atoms. The summed E-state index contributed by atoms with van der Waals surface area (Å²) >= 11 is 0. The van der Waals surface area contributed by atoms with E-state index >= 15 is 0 Å². The molecule has 3 atom stereocenters. The zero-order valence-electron chi connectivity index (χ0n) is 24.1. The van der Waals surface area contributed by atoms with Gasteiger partial charge in [-0.05, 0) is 49.8 Å². The average molecular weight is 603 g/mol. The van der Waals surface area contributed by atoms with Gasteiger partial charge < -0.3 is 20.1 Å². The molecule has 1 saturated carbocycles. The number of aliphatic hydroxyl groups excluding tert-OH is 1. The van der Waals surface area contributed by atoms with Gasteiger partial charge >= 0.3 is 13.7 Å². The normalized spacial score (nSPS) is 19.6. The number of para-hydroxylation sites is 1. The quantitative estimate of drug-likeness (QED) is 0.138. The Morgan fingerprint density at radius 2 is 2.00 bits per heavy atom. The second-order valence-corrected chi connectivity index (χ2v) is 12.3. The fraction of sp³-hybridized carbons (Fsp3) is 0.500. The molecule has 13 nitrogen and oxygen atoms in total. The van der Waals surface area contributed by atoms with E-state index in [2.05, 4.69) is 33.9 Å². The highest BCUT2D eigenvalue weighted by molar-refractivity contribution is 7.52. The van der Waals surface area contributed by atoms with Gasteiger partial charge in [0.2, 0.25) is 5.95 Å². The maximum absolute atomic E-state index is 14.0. The number of hydrogen-bond acceptors (Lipinski definition) is 10. The van der Waals surface area contributed by atoms with Gasteiger partial charge in [0.1, 0.15) is 18.1 Å². The van der Waals surface area contributed by atoms with Crippen LogP contribution in [-0.2, 0) is 18.6 Å². The van der Waals surface area contributed by atoms with Crippen molar-refractivity contribution >= 4 is 37.0 Å². The first-order chi connectivity index (χ1) is 20.1. The fourth-order valence-corrected chi connectivity index (χ4v) is 6.29. The van der Waals surface area contributed by atoms with E-state index in [0.717, 1.165) is 31.3 Å². The zero-order valence-corrected chi connectivity index (χ0v) is 25.0. The second kappa shape index (κ2) is 13.6. The molecule has 2 unspecified atom stereocenters. The summed E-state index contributed by atoms with van der Waals surface area (Å²) in [6, 6.07) is 7.47. The van der Waals surface area contributed by atoms with Crippen LogP contribution in [0.4, 0.5) is 5.95 Å². The molecule has 4 rings (SSSR count). The molecule has 0 amide bonds. The van der Waals surface area contributed by atoms with Crippen molar-refractivity contribution in [3.8, 4) is 5.75 Å². The highest BCUT2D eigenvalue weighted by atomic mass is 31.2. The minimum absolute atomic E-state index is 0.0517. The number of esters is 1.